The number of nitrogens with zero attached hydrogens (tertiary/aromatic N) is 3. The first-order valence-corrected chi connectivity index (χ1v) is 10.3. The van der Waals surface area contributed by atoms with Gasteiger partial charge in [-0.25, -0.2) is 0 Å². The fourth-order valence-electron chi connectivity index (χ4n) is 5.09. The number of piperidine rings is 2. The van der Waals surface area contributed by atoms with E-state index in [9.17, 15) is 9.59 Å². The first-order valence-electron chi connectivity index (χ1n) is 10.3. The van der Waals surface area contributed by atoms with E-state index in [1.165, 1.54) is 0 Å². The number of fused-ring (bicyclic) bond motifs is 2. The van der Waals surface area contributed by atoms with Crippen LogP contribution >= 0.6 is 0 Å². The van der Waals surface area contributed by atoms with Crippen molar-refractivity contribution >= 4 is 22.7 Å². The van der Waals surface area contributed by atoms with Crippen molar-refractivity contribution in [2.24, 2.45) is 13.0 Å². The summed E-state index contributed by atoms with van der Waals surface area (Å²) < 4.78 is 2.03. The molecule has 2 atom stereocenters. The van der Waals surface area contributed by atoms with E-state index in [1.54, 1.807) is 0 Å². The highest BCUT2D eigenvalue weighted by molar-refractivity contribution is 6.01. The molecule has 150 valence electrons. The third-order valence-corrected chi connectivity index (χ3v) is 6.60. The van der Waals surface area contributed by atoms with Crippen LogP contribution in [-0.2, 0) is 11.8 Å². The van der Waals surface area contributed by atoms with E-state index in [2.05, 4.69) is 22.3 Å². The number of nitrogens with one attached hydrogen (secondary N) is 1. The molecule has 1 aromatic carbocycles. The first kappa shape index (κ1) is 19.0. The number of aromatic nitrogens is 1. The third kappa shape index (κ3) is 3.09. The van der Waals surface area contributed by atoms with Crippen LogP contribution < -0.4 is 5.32 Å². The Labute approximate surface area is 166 Å². The number of benzene rings is 1. The van der Waals surface area contributed by atoms with E-state index in [-0.39, 0.29) is 17.9 Å². The summed E-state index contributed by atoms with van der Waals surface area (Å²) in [5, 5.41) is 4.29. The Morgan fingerprint density at radius 2 is 2.04 bits per heavy atom. The van der Waals surface area contributed by atoms with Gasteiger partial charge in [0.25, 0.3) is 5.91 Å². The van der Waals surface area contributed by atoms with E-state index in [4.69, 9.17) is 0 Å². The van der Waals surface area contributed by atoms with Crippen molar-refractivity contribution in [1.82, 2.24) is 19.7 Å². The second-order valence-corrected chi connectivity index (χ2v) is 8.15. The Morgan fingerprint density at radius 1 is 1.25 bits per heavy atom. The number of likely N-dealkylation sites (tertiary alicyclic amines) is 2. The van der Waals surface area contributed by atoms with Crippen LogP contribution in [0, 0.1) is 12.8 Å². The summed E-state index contributed by atoms with van der Waals surface area (Å²) in [5.41, 5.74) is 2.94. The summed E-state index contributed by atoms with van der Waals surface area (Å²) in [7, 11) is 3.90. The normalized spacial score (nSPS) is 22.6. The Morgan fingerprint density at radius 3 is 2.79 bits per heavy atom. The summed E-state index contributed by atoms with van der Waals surface area (Å²) in [6, 6.07) is 8.46. The van der Waals surface area contributed by atoms with Crippen LogP contribution in [0.2, 0.25) is 0 Å². The molecule has 6 heteroatoms. The van der Waals surface area contributed by atoms with Crippen molar-refractivity contribution in [2.45, 2.75) is 32.2 Å². The van der Waals surface area contributed by atoms with Gasteiger partial charge in [-0.3, -0.25) is 9.59 Å². The lowest BCUT2D eigenvalue weighted by Crippen LogP contribution is -2.57. The van der Waals surface area contributed by atoms with Crippen LogP contribution in [-0.4, -0.2) is 65.4 Å². The lowest BCUT2D eigenvalue weighted by atomic mass is 9.83. The molecule has 0 bridgehead atoms. The Balaban J connectivity index is 1.55. The van der Waals surface area contributed by atoms with Crippen LogP contribution in [0.25, 0.3) is 10.9 Å². The Hall–Kier alpha value is -2.34. The molecule has 6 nitrogen and oxygen atoms in total. The SMILES string of the molecule is CNCCN1C(=O)CC[C@H]2CN(C(=O)c3c(C)c4ccccc4n3C)CC[C@H]21. The van der Waals surface area contributed by atoms with Crippen molar-refractivity contribution in [3.63, 3.8) is 0 Å². The van der Waals surface area contributed by atoms with Crippen molar-refractivity contribution in [3.8, 4) is 0 Å². The van der Waals surface area contributed by atoms with Crippen molar-refractivity contribution in [2.75, 3.05) is 33.2 Å². The van der Waals surface area contributed by atoms with E-state index in [0.717, 1.165) is 54.6 Å². The molecule has 0 spiro atoms. The fourth-order valence-corrected chi connectivity index (χ4v) is 5.09. The lowest BCUT2D eigenvalue weighted by molar-refractivity contribution is -0.140. The largest absolute Gasteiger partial charge is 0.339 e. The molecule has 2 aromatic rings. The van der Waals surface area contributed by atoms with Crippen molar-refractivity contribution in [1.29, 1.82) is 0 Å². The minimum absolute atomic E-state index is 0.119. The number of rotatable bonds is 4. The minimum atomic E-state index is 0.119. The molecule has 2 fully saturated rings. The number of amides is 2. The standard InChI is InChI=1S/C22H30N4O2/c1-15-17-6-4-5-7-19(17)24(3)21(15)22(28)25-12-10-18-16(14-25)8-9-20(27)26(18)13-11-23-2/h4-7,16,18,23H,8-14H2,1-3H3/t16-,18+/m0/s1. The van der Waals surface area contributed by atoms with Crippen LogP contribution in [0.3, 0.4) is 0 Å². The summed E-state index contributed by atoms with van der Waals surface area (Å²) in [4.78, 5) is 29.9. The molecular formula is C22H30N4O2. The van der Waals surface area contributed by atoms with E-state index in [1.807, 2.05) is 42.6 Å². The van der Waals surface area contributed by atoms with Gasteiger partial charge in [-0.2, -0.15) is 0 Å². The van der Waals surface area contributed by atoms with Crippen LogP contribution in [0.4, 0.5) is 0 Å². The molecule has 0 aliphatic carbocycles. The lowest BCUT2D eigenvalue weighted by Gasteiger charge is -2.47. The number of carbonyl (C=O) groups excluding carboxylic acids is 2. The van der Waals surface area contributed by atoms with Crippen LogP contribution in [0.1, 0.15) is 35.3 Å². The molecular weight excluding hydrogens is 352 g/mol. The summed E-state index contributed by atoms with van der Waals surface area (Å²) in [5.74, 6) is 0.761. The molecule has 1 aromatic heterocycles. The van der Waals surface area contributed by atoms with E-state index < -0.39 is 0 Å². The fraction of sp³-hybridized carbons (Fsp3) is 0.545. The minimum Gasteiger partial charge on any atom is -0.339 e. The van der Waals surface area contributed by atoms with Gasteiger partial charge in [0.15, 0.2) is 0 Å². The Bertz CT molecular complexity index is 864. The Kier molecular flexibility index (Phi) is 5.15. The number of hydrogen-bond acceptors (Lipinski definition) is 3. The summed E-state index contributed by atoms with van der Waals surface area (Å²) in [6.07, 6.45) is 2.35. The molecule has 28 heavy (non-hydrogen) atoms. The molecule has 3 heterocycles. The molecule has 4 rings (SSSR count). The third-order valence-electron chi connectivity index (χ3n) is 6.60. The number of carbonyl (C=O) groups is 2. The van der Waals surface area contributed by atoms with Gasteiger partial charge < -0.3 is 19.7 Å². The van der Waals surface area contributed by atoms with Gasteiger partial charge in [-0.15, -0.1) is 0 Å². The maximum absolute atomic E-state index is 13.4. The molecule has 2 amide bonds. The molecule has 1 N–H and O–H groups in total. The monoisotopic (exact) mass is 382 g/mol. The number of hydrogen-bond donors (Lipinski definition) is 1. The van der Waals surface area contributed by atoms with Crippen molar-refractivity contribution in [3.05, 3.63) is 35.5 Å². The predicted molar refractivity (Wildman–Crippen MR) is 110 cm³/mol. The van der Waals surface area contributed by atoms with Gasteiger partial charge in [-0.1, -0.05) is 18.2 Å². The molecule has 0 unspecified atom stereocenters. The predicted octanol–water partition coefficient (Wildman–Crippen LogP) is 2.16. The highest BCUT2D eigenvalue weighted by Gasteiger charge is 2.40. The zero-order valence-electron chi connectivity index (χ0n) is 17.1. The zero-order chi connectivity index (χ0) is 19.8. The van der Waals surface area contributed by atoms with Gasteiger partial charge in [0.2, 0.25) is 5.91 Å². The summed E-state index contributed by atoms with van der Waals surface area (Å²) in [6.45, 7) is 5.07. The molecule has 2 aliphatic heterocycles. The second kappa shape index (κ2) is 7.59. The maximum atomic E-state index is 13.4. The molecule has 0 radical (unpaired) electrons. The van der Waals surface area contributed by atoms with Gasteiger partial charge in [0, 0.05) is 56.6 Å². The van der Waals surface area contributed by atoms with Gasteiger partial charge in [0.05, 0.1) is 0 Å². The average Bonchev–Trinajstić information content (AvgIpc) is 2.97. The highest BCUT2D eigenvalue weighted by Crippen LogP contribution is 2.33. The van der Waals surface area contributed by atoms with E-state index >= 15 is 0 Å². The van der Waals surface area contributed by atoms with Gasteiger partial charge in [0.1, 0.15) is 5.69 Å². The second-order valence-electron chi connectivity index (χ2n) is 8.15. The maximum Gasteiger partial charge on any atom is 0.270 e. The van der Waals surface area contributed by atoms with E-state index in [0.29, 0.717) is 18.9 Å². The molecule has 2 aliphatic rings. The topological polar surface area (TPSA) is 57.6 Å². The number of likely N-dealkylation sites (N-methyl/N-ethyl adjacent to an activating group) is 1. The zero-order valence-corrected chi connectivity index (χ0v) is 17.1. The highest BCUT2D eigenvalue weighted by atomic mass is 16.2. The average molecular weight is 383 g/mol. The number of aryl methyl sites for hydroxylation is 2. The van der Waals surface area contributed by atoms with Gasteiger partial charge in [-0.05, 0) is 44.4 Å². The number of para-hydroxylation sites is 1. The summed E-state index contributed by atoms with van der Waals surface area (Å²) >= 11 is 0. The van der Waals surface area contributed by atoms with Crippen molar-refractivity contribution < 1.29 is 9.59 Å². The van der Waals surface area contributed by atoms with Crippen LogP contribution in [0.5, 0.6) is 0 Å². The van der Waals surface area contributed by atoms with Gasteiger partial charge >= 0.3 is 0 Å². The molecule has 2 saturated heterocycles. The smallest absolute Gasteiger partial charge is 0.270 e. The first-order chi connectivity index (χ1) is 13.5. The van der Waals surface area contributed by atoms with Crippen LogP contribution in [0.15, 0.2) is 24.3 Å². The quantitative estimate of drug-likeness (QED) is 0.882. The molecule has 0 saturated carbocycles.